The molecule has 0 aliphatic carbocycles. The van der Waals surface area contributed by atoms with Crippen LogP contribution in [0.4, 0.5) is 0 Å². The third-order valence-electron chi connectivity index (χ3n) is 4.44. The molecular formula is C16H23N3O2S. The van der Waals surface area contributed by atoms with Gasteiger partial charge in [0.2, 0.25) is 16.0 Å². The molecule has 22 heavy (non-hydrogen) atoms. The smallest absolute Gasteiger partial charge is 0.234 e. The van der Waals surface area contributed by atoms with E-state index in [1.807, 2.05) is 6.07 Å². The normalized spacial score (nSPS) is 20.3. The molecular weight excluding hydrogens is 298 g/mol. The van der Waals surface area contributed by atoms with E-state index < -0.39 is 10.0 Å². The maximum atomic E-state index is 11.8. The quantitative estimate of drug-likeness (QED) is 0.849. The number of sulfonamides is 1. The summed E-state index contributed by atoms with van der Waals surface area (Å²) in [7, 11) is -3.20. The van der Waals surface area contributed by atoms with Crippen molar-refractivity contribution in [3.05, 3.63) is 35.9 Å². The monoisotopic (exact) mass is 321 g/mol. The Morgan fingerprint density at radius 1 is 1.14 bits per heavy atom. The van der Waals surface area contributed by atoms with Crippen molar-refractivity contribution in [2.45, 2.75) is 19.3 Å². The number of aliphatic imine (C=N–C) groups is 1. The van der Waals surface area contributed by atoms with Crippen molar-refractivity contribution in [2.75, 3.05) is 32.4 Å². The Bertz CT molecular complexity index is 635. The van der Waals surface area contributed by atoms with Crippen LogP contribution in [0.25, 0.3) is 0 Å². The van der Waals surface area contributed by atoms with Gasteiger partial charge in [0.15, 0.2) is 0 Å². The van der Waals surface area contributed by atoms with Gasteiger partial charge in [-0.15, -0.1) is 0 Å². The third kappa shape index (κ3) is 3.43. The maximum absolute atomic E-state index is 11.8. The fraction of sp³-hybridized carbons (Fsp3) is 0.562. The maximum Gasteiger partial charge on any atom is 0.234 e. The largest absolute Gasteiger partial charge is 0.342 e. The molecule has 0 unspecified atom stereocenters. The van der Waals surface area contributed by atoms with Crippen LogP contribution >= 0.6 is 0 Å². The number of likely N-dealkylation sites (tertiary alicyclic amines) is 1. The number of guanidine groups is 1. The molecule has 1 saturated heterocycles. The van der Waals surface area contributed by atoms with Gasteiger partial charge in [-0.3, -0.25) is 4.99 Å². The van der Waals surface area contributed by atoms with E-state index in [-0.39, 0.29) is 0 Å². The van der Waals surface area contributed by atoms with Crippen molar-refractivity contribution in [2.24, 2.45) is 10.9 Å². The van der Waals surface area contributed by atoms with E-state index in [1.165, 1.54) is 16.1 Å². The summed E-state index contributed by atoms with van der Waals surface area (Å²) in [4.78, 5) is 6.54. The van der Waals surface area contributed by atoms with Crippen LogP contribution in [0.15, 0.2) is 35.3 Å². The SMILES string of the molecule is CS(=O)(=O)N1CCN=C1N1CCC(Cc2ccccc2)CC1. The lowest BCUT2D eigenvalue weighted by atomic mass is 9.90. The zero-order valence-electron chi connectivity index (χ0n) is 13.0. The van der Waals surface area contributed by atoms with Crippen molar-refractivity contribution in [3.63, 3.8) is 0 Å². The lowest BCUT2D eigenvalue weighted by Gasteiger charge is -2.35. The van der Waals surface area contributed by atoms with E-state index in [4.69, 9.17) is 0 Å². The Kier molecular flexibility index (Phi) is 4.38. The first-order chi connectivity index (χ1) is 10.5. The number of piperidine rings is 1. The van der Waals surface area contributed by atoms with Gasteiger partial charge in [-0.2, -0.15) is 0 Å². The minimum Gasteiger partial charge on any atom is -0.342 e. The second-order valence-corrected chi connectivity index (χ2v) is 8.04. The highest BCUT2D eigenvalue weighted by Gasteiger charge is 2.31. The van der Waals surface area contributed by atoms with Crippen molar-refractivity contribution >= 4 is 16.0 Å². The first kappa shape index (κ1) is 15.3. The zero-order valence-corrected chi connectivity index (χ0v) is 13.8. The van der Waals surface area contributed by atoms with Crippen LogP contribution in [-0.4, -0.2) is 56.0 Å². The van der Waals surface area contributed by atoms with Crippen molar-refractivity contribution in [1.29, 1.82) is 0 Å². The van der Waals surface area contributed by atoms with E-state index >= 15 is 0 Å². The van der Waals surface area contributed by atoms with Crippen LogP contribution in [-0.2, 0) is 16.4 Å². The number of nitrogens with zero attached hydrogens (tertiary/aromatic N) is 3. The molecule has 3 rings (SSSR count). The van der Waals surface area contributed by atoms with Gasteiger partial charge in [-0.05, 0) is 30.7 Å². The minimum absolute atomic E-state index is 0.484. The van der Waals surface area contributed by atoms with Gasteiger partial charge in [0, 0.05) is 13.1 Å². The Hall–Kier alpha value is -1.56. The first-order valence-corrected chi connectivity index (χ1v) is 9.70. The van der Waals surface area contributed by atoms with Gasteiger partial charge in [-0.25, -0.2) is 12.7 Å². The van der Waals surface area contributed by atoms with Gasteiger partial charge in [0.25, 0.3) is 0 Å². The van der Waals surface area contributed by atoms with Gasteiger partial charge in [0.1, 0.15) is 0 Å². The molecule has 0 bridgehead atoms. The molecule has 0 atom stereocenters. The van der Waals surface area contributed by atoms with Gasteiger partial charge in [0.05, 0.1) is 19.3 Å². The average molecular weight is 321 g/mol. The van der Waals surface area contributed by atoms with Crippen LogP contribution < -0.4 is 0 Å². The van der Waals surface area contributed by atoms with Crippen LogP contribution in [0.1, 0.15) is 18.4 Å². The third-order valence-corrected chi connectivity index (χ3v) is 5.59. The summed E-state index contributed by atoms with van der Waals surface area (Å²) < 4.78 is 25.1. The predicted octanol–water partition coefficient (Wildman–Crippen LogP) is 1.57. The Morgan fingerprint density at radius 2 is 1.82 bits per heavy atom. The molecule has 0 aromatic heterocycles. The van der Waals surface area contributed by atoms with E-state index in [9.17, 15) is 8.42 Å². The predicted molar refractivity (Wildman–Crippen MR) is 88.3 cm³/mol. The molecule has 5 nitrogen and oxygen atoms in total. The van der Waals surface area contributed by atoms with E-state index in [0.29, 0.717) is 25.0 Å². The van der Waals surface area contributed by atoms with Crippen LogP contribution in [0.2, 0.25) is 0 Å². The topological polar surface area (TPSA) is 53.0 Å². The van der Waals surface area contributed by atoms with E-state index in [0.717, 1.165) is 32.4 Å². The second-order valence-electron chi connectivity index (χ2n) is 6.14. The van der Waals surface area contributed by atoms with Gasteiger partial charge >= 0.3 is 0 Å². The molecule has 2 aliphatic heterocycles. The Labute approximate surface area is 132 Å². The van der Waals surface area contributed by atoms with Crippen molar-refractivity contribution in [1.82, 2.24) is 9.21 Å². The number of hydrogen-bond donors (Lipinski definition) is 0. The molecule has 0 amide bonds. The fourth-order valence-corrected chi connectivity index (χ4v) is 4.16. The molecule has 0 spiro atoms. The van der Waals surface area contributed by atoms with E-state index in [1.54, 1.807) is 0 Å². The molecule has 2 heterocycles. The summed E-state index contributed by atoms with van der Waals surface area (Å²) in [5, 5.41) is 0. The average Bonchev–Trinajstić information content (AvgIpc) is 2.99. The molecule has 1 aromatic carbocycles. The number of rotatable bonds is 3. The number of hydrogen-bond acceptors (Lipinski definition) is 4. The summed E-state index contributed by atoms with van der Waals surface area (Å²) in [6, 6.07) is 10.6. The van der Waals surface area contributed by atoms with Crippen LogP contribution in [0.5, 0.6) is 0 Å². The molecule has 120 valence electrons. The molecule has 0 saturated carbocycles. The lowest BCUT2D eigenvalue weighted by Crippen LogP contribution is -2.47. The summed E-state index contributed by atoms with van der Waals surface area (Å²) in [6.07, 6.45) is 4.55. The van der Waals surface area contributed by atoms with Crippen LogP contribution in [0, 0.1) is 5.92 Å². The first-order valence-electron chi connectivity index (χ1n) is 7.85. The van der Waals surface area contributed by atoms with E-state index in [2.05, 4.69) is 34.2 Å². The van der Waals surface area contributed by atoms with Gasteiger partial charge < -0.3 is 4.90 Å². The molecule has 0 N–H and O–H groups in total. The zero-order chi connectivity index (χ0) is 15.6. The summed E-state index contributed by atoms with van der Waals surface area (Å²) in [5.41, 5.74) is 1.39. The minimum atomic E-state index is -3.20. The standard InChI is InChI=1S/C16H23N3O2S/c1-22(20,21)19-12-9-17-16(19)18-10-7-15(8-11-18)13-14-5-3-2-4-6-14/h2-6,15H,7-13H2,1H3. The lowest BCUT2D eigenvalue weighted by molar-refractivity contribution is 0.253. The van der Waals surface area contributed by atoms with Crippen LogP contribution in [0.3, 0.4) is 0 Å². The highest BCUT2D eigenvalue weighted by molar-refractivity contribution is 7.88. The summed E-state index contributed by atoms with van der Waals surface area (Å²) in [5.74, 6) is 1.33. The second kappa shape index (κ2) is 6.28. The molecule has 1 aromatic rings. The highest BCUT2D eigenvalue weighted by Crippen LogP contribution is 2.23. The fourth-order valence-electron chi connectivity index (χ4n) is 3.28. The molecule has 1 fully saturated rings. The molecule has 6 heteroatoms. The highest BCUT2D eigenvalue weighted by atomic mass is 32.2. The van der Waals surface area contributed by atoms with Crippen molar-refractivity contribution < 1.29 is 8.42 Å². The van der Waals surface area contributed by atoms with Crippen molar-refractivity contribution in [3.8, 4) is 0 Å². The summed E-state index contributed by atoms with van der Waals surface area (Å²) >= 11 is 0. The number of benzene rings is 1. The Morgan fingerprint density at radius 3 is 2.45 bits per heavy atom. The Balaban J connectivity index is 1.58. The molecule has 0 radical (unpaired) electrons. The summed E-state index contributed by atoms with van der Waals surface area (Å²) in [6.45, 7) is 2.84. The van der Waals surface area contributed by atoms with Gasteiger partial charge in [-0.1, -0.05) is 30.3 Å². The molecule has 2 aliphatic rings.